The van der Waals surface area contributed by atoms with E-state index in [1.165, 1.54) is 0 Å². The van der Waals surface area contributed by atoms with Crippen molar-refractivity contribution in [2.45, 2.75) is 13.0 Å². The van der Waals surface area contributed by atoms with Crippen LogP contribution < -0.4 is 4.74 Å². The van der Waals surface area contributed by atoms with Crippen LogP contribution in [0.25, 0.3) is 0 Å². The van der Waals surface area contributed by atoms with Gasteiger partial charge in [-0.3, -0.25) is 9.78 Å². The molecule has 2 rings (SSSR count). The van der Waals surface area contributed by atoms with Crippen molar-refractivity contribution in [1.29, 1.82) is 0 Å². The standard InChI is InChI=1S/C15H12BrCl2NO3/c16-11-5-10(7-19-8-11)9-22-15(20)3-4-21-12-1-2-13(17)14(18)6-12/h1-2,5-8H,3-4,9H2. The first-order chi connectivity index (χ1) is 10.5. The Morgan fingerprint density at radius 2 is 2.00 bits per heavy atom. The monoisotopic (exact) mass is 403 g/mol. The van der Waals surface area contributed by atoms with Crippen LogP contribution >= 0.6 is 39.1 Å². The van der Waals surface area contributed by atoms with Crippen molar-refractivity contribution in [3.05, 3.63) is 56.7 Å². The van der Waals surface area contributed by atoms with Crippen LogP contribution in [0.4, 0.5) is 0 Å². The summed E-state index contributed by atoms with van der Waals surface area (Å²) in [6.07, 6.45) is 3.45. The van der Waals surface area contributed by atoms with Gasteiger partial charge >= 0.3 is 5.97 Å². The van der Waals surface area contributed by atoms with Crippen LogP contribution in [0, 0.1) is 0 Å². The Morgan fingerprint density at radius 3 is 2.73 bits per heavy atom. The topological polar surface area (TPSA) is 48.4 Å². The molecule has 0 unspecified atom stereocenters. The molecule has 116 valence electrons. The number of pyridine rings is 1. The minimum atomic E-state index is -0.347. The lowest BCUT2D eigenvalue weighted by molar-refractivity contribution is -0.145. The molecule has 4 nitrogen and oxygen atoms in total. The Balaban J connectivity index is 1.72. The average molecular weight is 405 g/mol. The Kier molecular flexibility index (Phi) is 6.49. The summed E-state index contributed by atoms with van der Waals surface area (Å²) in [7, 11) is 0. The lowest BCUT2D eigenvalue weighted by Crippen LogP contribution is -2.10. The maximum atomic E-state index is 11.6. The molecular formula is C15H12BrCl2NO3. The summed E-state index contributed by atoms with van der Waals surface area (Å²) in [6.45, 7) is 0.381. The van der Waals surface area contributed by atoms with Crippen LogP contribution in [0.5, 0.6) is 5.75 Å². The van der Waals surface area contributed by atoms with Gasteiger partial charge in [-0.05, 0) is 34.1 Å². The number of aromatic nitrogens is 1. The highest BCUT2D eigenvalue weighted by molar-refractivity contribution is 9.10. The predicted octanol–water partition coefficient (Wildman–Crippen LogP) is 4.66. The quantitative estimate of drug-likeness (QED) is 0.656. The Labute approximate surface area is 146 Å². The molecule has 0 bridgehead atoms. The number of esters is 1. The van der Waals surface area contributed by atoms with Crippen LogP contribution in [0.15, 0.2) is 41.1 Å². The number of ether oxygens (including phenoxy) is 2. The number of halogens is 3. The van der Waals surface area contributed by atoms with Gasteiger partial charge in [-0.25, -0.2) is 0 Å². The molecule has 1 aromatic carbocycles. The highest BCUT2D eigenvalue weighted by Crippen LogP contribution is 2.26. The fourth-order valence-electron chi connectivity index (χ4n) is 1.59. The maximum absolute atomic E-state index is 11.6. The highest BCUT2D eigenvalue weighted by Gasteiger charge is 2.06. The maximum Gasteiger partial charge on any atom is 0.309 e. The van der Waals surface area contributed by atoms with Gasteiger partial charge in [0, 0.05) is 28.5 Å². The molecule has 0 amide bonds. The summed E-state index contributed by atoms with van der Waals surface area (Å²) < 4.78 is 11.4. The summed E-state index contributed by atoms with van der Waals surface area (Å²) in [5.74, 6) is 0.207. The molecule has 0 radical (unpaired) electrons. The molecule has 1 heterocycles. The second-order valence-electron chi connectivity index (χ2n) is 4.35. The summed E-state index contributed by atoms with van der Waals surface area (Å²) in [5.41, 5.74) is 0.813. The molecule has 2 aromatic rings. The molecule has 0 N–H and O–H groups in total. The van der Waals surface area contributed by atoms with E-state index in [-0.39, 0.29) is 25.6 Å². The first kappa shape index (κ1) is 17.1. The van der Waals surface area contributed by atoms with Crippen molar-refractivity contribution in [2.75, 3.05) is 6.61 Å². The van der Waals surface area contributed by atoms with E-state index >= 15 is 0 Å². The zero-order valence-corrected chi connectivity index (χ0v) is 14.5. The molecule has 7 heteroatoms. The smallest absolute Gasteiger partial charge is 0.309 e. The molecule has 1 aromatic heterocycles. The number of nitrogens with zero attached hydrogens (tertiary/aromatic N) is 1. The fraction of sp³-hybridized carbons (Fsp3) is 0.200. The van der Waals surface area contributed by atoms with E-state index in [4.69, 9.17) is 32.7 Å². The normalized spacial score (nSPS) is 10.3. The minimum absolute atomic E-state index is 0.141. The summed E-state index contributed by atoms with van der Waals surface area (Å²) in [5, 5.41) is 0.861. The highest BCUT2D eigenvalue weighted by atomic mass is 79.9. The number of carbonyl (C=O) groups is 1. The Hall–Kier alpha value is -1.30. The number of hydrogen-bond donors (Lipinski definition) is 0. The van der Waals surface area contributed by atoms with E-state index in [1.807, 2.05) is 6.07 Å². The van der Waals surface area contributed by atoms with Crippen molar-refractivity contribution >= 4 is 45.1 Å². The Morgan fingerprint density at radius 1 is 1.18 bits per heavy atom. The van der Waals surface area contributed by atoms with Crippen molar-refractivity contribution in [3.8, 4) is 5.75 Å². The third-order valence-electron chi connectivity index (χ3n) is 2.63. The van der Waals surface area contributed by atoms with Gasteiger partial charge in [0.25, 0.3) is 0 Å². The fourth-order valence-corrected chi connectivity index (χ4v) is 2.29. The molecular weight excluding hydrogens is 393 g/mol. The van der Waals surface area contributed by atoms with E-state index in [0.717, 1.165) is 10.0 Å². The van der Waals surface area contributed by atoms with E-state index < -0.39 is 0 Å². The molecule has 0 aliphatic rings. The third kappa shape index (κ3) is 5.48. The second kappa shape index (κ2) is 8.36. The lowest BCUT2D eigenvalue weighted by Gasteiger charge is -2.08. The van der Waals surface area contributed by atoms with Gasteiger partial charge in [-0.2, -0.15) is 0 Å². The Bertz CT molecular complexity index is 667. The van der Waals surface area contributed by atoms with Crippen molar-refractivity contribution in [3.63, 3.8) is 0 Å². The first-order valence-corrected chi connectivity index (χ1v) is 7.92. The van der Waals surface area contributed by atoms with E-state index in [1.54, 1.807) is 30.6 Å². The molecule has 0 aliphatic heterocycles. The SMILES string of the molecule is O=C(CCOc1ccc(Cl)c(Cl)c1)OCc1cncc(Br)c1. The number of rotatable bonds is 6. The van der Waals surface area contributed by atoms with E-state index in [0.29, 0.717) is 15.8 Å². The minimum Gasteiger partial charge on any atom is -0.493 e. The van der Waals surface area contributed by atoms with Crippen LogP contribution in [-0.2, 0) is 16.1 Å². The van der Waals surface area contributed by atoms with Crippen molar-refractivity contribution < 1.29 is 14.3 Å². The first-order valence-electron chi connectivity index (χ1n) is 6.37. The lowest BCUT2D eigenvalue weighted by atomic mass is 10.3. The second-order valence-corrected chi connectivity index (χ2v) is 6.08. The van der Waals surface area contributed by atoms with Crippen LogP contribution in [0.2, 0.25) is 10.0 Å². The summed E-state index contributed by atoms with van der Waals surface area (Å²) in [6, 6.07) is 6.76. The molecule has 0 atom stereocenters. The summed E-state index contributed by atoms with van der Waals surface area (Å²) in [4.78, 5) is 15.6. The van der Waals surface area contributed by atoms with Crippen molar-refractivity contribution in [2.24, 2.45) is 0 Å². The zero-order chi connectivity index (χ0) is 15.9. The van der Waals surface area contributed by atoms with E-state index in [9.17, 15) is 4.79 Å². The predicted molar refractivity (Wildman–Crippen MR) is 88.3 cm³/mol. The number of benzene rings is 1. The van der Waals surface area contributed by atoms with Crippen LogP contribution in [-0.4, -0.2) is 17.6 Å². The van der Waals surface area contributed by atoms with Crippen LogP contribution in [0.3, 0.4) is 0 Å². The van der Waals surface area contributed by atoms with Gasteiger partial charge in [0.05, 0.1) is 23.1 Å². The van der Waals surface area contributed by atoms with Crippen molar-refractivity contribution in [1.82, 2.24) is 4.98 Å². The molecule has 0 saturated carbocycles. The molecule has 0 spiro atoms. The van der Waals surface area contributed by atoms with Gasteiger partial charge in [0.1, 0.15) is 12.4 Å². The van der Waals surface area contributed by atoms with Gasteiger partial charge in [0.2, 0.25) is 0 Å². The number of hydrogen-bond acceptors (Lipinski definition) is 4. The summed E-state index contributed by atoms with van der Waals surface area (Å²) >= 11 is 15.0. The molecule has 0 fully saturated rings. The third-order valence-corrected chi connectivity index (χ3v) is 3.80. The van der Waals surface area contributed by atoms with Gasteiger partial charge in [-0.1, -0.05) is 23.2 Å². The van der Waals surface area contributed by atoms with Gasteiger partial charge < -0.3 is 9.47 Å². The molecule has 0 saturated heterocycles. The molecule has 22 heavy (non-hydrogen) atoms. The number of carbonyl (C=O) groups excluding carboxylic acids is 1. The average Bonchev–Trinajstić information content (AvgIpc) is 2.49. The van der Waals surface area contributed by atoms with E-state index in [2.05, 4.69) is 20.9 Å². The van der Waals surface area contributed by atoms with Gasteiger partial charge in [0.15, 0.2) is 0 Å². The zero-order valence-electron chi connectivity index (χ0n) is 11.4. The molecule has 0 aliphatic carbocycles. The van der Waals surface area contributed by atoms with Crippen LogP contribution in [0.1, 0.15) is 12.0 Å². The van der Waals surface area contributed by atoms with Gasteiger partial charge in [-0.15, -0.1) is 0 Å². The largest absolute Gasteiger partial charge is 0.493 e.